The van der Waals surface area contributed by atoms with Gasteiger partial charge in [0.1, 0.15) is 11.7 Å². The fraction of sp³-hybridized carbons (Fsp3) is 0.714. The SMILES string of the molecule is C=C1C(=O)O[C@@H]2C[C@@]1(C)OC[C@H]2[C@H]1CC[C@H]2[C@@H]3CC=C4CC=CC(=O)[C@]4(C)[C@H]3C[C@@H](O)[C@]12C. The highest BCUT2D eigenvalue weighted by Gasteiger charge is 2.65. The van der Waals surface area contributed by atoms with E-state index in [2.05, 4.69) is 26.5 Å². The Bertz CT molecular complexity index is 994. The van der Waals surface area contributed by atoms with Crippen LogP contribution in [0.4, 0.5) is 0 Å². The average Bonchev–Trinajstić information content (AvgIpc) is 3.13. The number of allylic oxidation sites excluding steroid dienone is 4. The molecule has 2 bridgehead atoms. The molecular formula is C28H36O5. The maximum atomic E-state index is 13.1. The Morgan fingerprint density at radius 2 is 1.82 bits per heavy atom. The molecular weight excluding hydrogens is 416 g/mol. The maximum Gasteiger partial charge on any atom is 0.336 e. The first-order chi connectivity index (χ1) is 15.6. The topological polar surface area (TPSA) is 72.8 Å². The Balaban J connectivity index is 1.32. The van der Waals surface area contributed by atoms with Crippen LogP contribution in [-0.4, -0.2) is 41.3 Å². The lowest BCUT2D eigenvalue weighted by Gasteiger charge is -2.59. The lowest BCUT2D eigenvalue weighted by molar-refractivity contribution is -0.208. The largest absolute Gasteiger partial charge is 0.458 e. The Morgan fingerprint density at radius 1 is 1.09 bits per heavy atom. The van der Waals surface area contributed by atoms with Crippen molar-refractivity contribution in [3.05, 3.63) is 36.0 Å². The van der Waals surface area contributed by atoms with Crippen LogP contribution < -0.4 is 0 Å². The number of esters is 1. The molecule has 1 N–H and O–H groups in total. The van der Waals surface area contributed by atoms with E-state index in [-0.39, 0.29) is 41.0 Å². The molecule has 0 unspecified atom stereocenters. The number of hydrogen-bond acceptors (Lipinski definition) is 5. The number of ether oxygens (including phenoxy) is 2. The Kier molecular flexibility index (Phi) is 4.56. The van der Waals surface area contributed by atoms with Crippen molar-refractivity contribution in [1.82, 2.24) is 0 Å². The van der Waals surface area contributed by atoms with Gasteiger partial charge in [-0.2, -0.15) is 0 Å². The summed E-state index contributed by atoms with van der Waals surface area (Å²) in [6, 6.07) is 0. The molecule has 6 aliphatic rings. The summed E-state index contributed by atoms with van der Waals surface area (Å²) in [7, 11) is 0. The lowest BCUT2D eigenvalue weighted by Crippen LogP contribution is -2.61. The van der Waals surface area contributed by atoms with Gasteiger partial charge in [0.15, 0.2) is 5.78 Å². The smallest absolute Gasteiger partial charge is 0.336 e. The van der Waals surface area contributed by atoms with Crippen molar-refractivity contribution < 1.29 is 24.2 Å². The van der Waals surface area contributed by atoms with Crippen LogP contribution in [-0.2, 0) is 19.1 Å². The van der Waals surface area contributed by atoms with Gasteiger partial charge < -0.3 is 14.6 Å². The Labute approximate surface area is 196 Å². The fourth-order valence-corrected chi connectivity index (χ4v) is 8.99. The molecule has 33 heavy (non-hydrogen) atoms. The first kappa shape index (κ1) is 21.8. The molecule has 5 nitrogen and oxygen atoms in total. The van der Waals surface area contributed by atoms with Crippen molar-refractivity contribution in [2.24, 2.45) is 40.4 Å². The zero-order chi connectivity index (χ0) is 23.3. The van der Waals surface area contributed by atoms with E-state index in [4.69, 9.17) is 9.47 Å². The number of rotatable bonds is 1. The van der Waals surface area contributed by atoms with Crippen LogP contribution in [0, 0.1) is 40.4 Å². The van der Waals surface area contributed by atoms with E-state index in [0.717, 1.165) is 25.7 Å². The molecule has 5 heteroatoms. The van der Waals surface area contributed by atoms with Gasteiger partial charge in [-0.15, -0.1) is 0 Å². The second-order valence-corrected chi connectivity index (χ2v) is 12.1. The molecule has 0 spiro atoms. The molecule has 0 aromatic heterocycles. The monoisotopic (exact) mass is 452 g/mol. The maximum absolute atomic E-state index is 13.1. The molecule has 4 fully saturated rings. The minimum absolute atomic E-state index is 0.0841. The molecule has 6 rings (SSSR count). The van der Waals surface area contributed by atoms with E-state index in [0.29, 0.717) is 36.9 Å². The van der Waals surface area contributed by atoms with Crippen LogP contribution in [0.2, 0.25) is 0 Å². The van der Waals surface area contributed by atoms with Gasteiger partial charge in [-0.05, 0) is 81.1 Å². The minimum atomic E-state index is -0.639. The standard InChI is InChI=1S/C28H36O5/c1-15-25(31)33-22-13-26(15,2)32-14-18(22)20-11-10-19-17-9-8-16-6-5-7-23(29)27(16,3)21(17)12-24(30)28(19,20)4/h5,7-8,17-22,24,30H,1,6,9-14H2,2-4H3/t17-,18-,19-,20+,21-,22+,24+,26+,27-,28-/m0/s1. The number of fused-ring (bicyclic) bond motifs is 7. The highest BCUT2D eigenvalue weighted by molar-refractivity contribution is 5.98. The third-order valence-electron chi connectivity index (χ3n) is 11.1. The molecule has 2 heterocycles. The van der Waals surface area contributed by atoms with Crippen molar-refractivity contribution >= 4 is 11.8 Å². The number of ketones is 1. The van der Waals surface area contributed by atoms with Gasteiger partial charge in [-0.25, -0.2) is 4.79 Å². The summed E-state index contributed by atoms with van der Waals surface area (Å²) < 4.78 is 12.1. The second kappa shape index (κ2) is 6.91. The van der Waals surface area contributed by atoms with E-state index in [9.17, 15) is 14.7 Å². The number of hydrogen-bond donors (Lipinski definition) is 1. The van der Waals surface area contributed by atoms with Crippen LogP contribution in [0.5, 0.6) is 0 Å². The van der Waals surface area contributed by atoms with Crippen molar-refractivity contribution in [3.8, 4) is 0 Å². The molecule has 10 atom stereocenters. The first-order valence-corrected chi connectivity index (χ1v) is 12.7. The molecule has 2 saturated heterocycles. The molecule has 178 valence electrons. The van der Waals surface area contributed by atoms with Crippen LogP contribution in [0.15, 0.2) is 36.0 Å². The summed E-state index contributed by atoms with van der Waals surface area (Å²) in [5.41, 5.74) is 0.277. The van der Waals surface area contributed by atoms with E-state index < -0.39 is 17.1 Å². The van der Waals surface area contributed by atoms with Crippen molar-refractivity contribution in [2.75, 3.05) is 6.61 Å². The molecule has 0 radical (unpaired) electrons. The fourth-order valence-electron chi connectivity index (χ4n) is 8.99. The van der Waals surface area contributed by atoms with Gasteiger partial charge in [-0.1, -0.05) is 31.2 Å². The highest BCUT2D eigenvalue weighted by atomic mass is 16.6. The van der Waals surface area contributed by atoms with E-state index >= 15 is 0 Å². The number of carbonyl (C=O) groups is 2. The normalized spacial score (nSPS) is 53.0. The summed E-state index contributed by atoms with van der Waals surface area (Å²) >= 11 is 0. The number of carbonyl (C=O) groups excluding carboxylic acids is 2. The highest BCUT2D eigenvalue weighted by Crippen LogP contribution is 2.67. The molecule has 0 aromatic rings. The van der Waals surface area contributed by atoms with E-state index in [1.54, 1.807) is 6.08 Å². The van der Waals surface area contributed by atoms with Crippen LogP contribution in [0.25, 0.3) is 0 Å². The molecule has 0 aromatic carbocycles. The van der Waals surface area contributed by atoms with Gasteiger partial charge in [-0.3, -0.25) is 4.79 Å². The zero-order valence-corrected chi connectivity index (χ0v) is 20.0. The van der Waals surface area contributed by atoms with Gasteiger partial charge in [0.05, 0.1) is 23.7 Å². The van der Waals surface area contributed by atoms with Gasteiger partial charge >= 0.3 is 5.97 Å². The van der Waals surface area contributed by atoms with E-state index in [1.165, 1.54) is 5.57 Å². The Morgan fingerprint density at radius 3 is 2.58 bits per heavy atom. The Hall–Kier alpha value is -1.72. The quantitative estimate of drug-likeness (QED) is 0.367. The average molecular weight is 453 g/mol. The summed E-state index contributed by atoms with van der Waals surface area (Å²) in [5.74, 6) is 1.11. The van der Waals surface area contributed by atoms with Gasteiger partial charge in [0.2, 0.25) is 0 Å². The summed E-state index contributed by atoms with van der Waals surface area (Å²) in [4.78, 5) is 25.6. The minimum Gasteiger partial charge on any atom is -0.458 e. The summed E-state index contributed by atoms with van der Waals surface area (Å²) in [6.07, 6.45) is 10.6. The van der Waals surface area contributed by atoms with Crippen LogP contribution >= 0.6 is 0 Å². The van der Waals surface area contributed by atoms with Crippen LogP contribution in [0.3, 0.4) is 0 Å². The molecule has 4 aliphatic carbocycles. The number of aliphatic hydroxyl groups excluding tert-OH is 1. The second-order valence-electron chi connectivity index (χ2n) is 12.1. The number of aliphatic hydroxyl groups is 1. The lowest BCUT2D eigenvalue weighted by atomic mass is 9.46. The third-order valence-corrected chi connectivity index (χ3v) is 11.1. The van der Waals surface area contributed by atoms with Gasteiger partial charge in [0, 0.05) is 12.3 Å². The van der Waals surface area contributed by atoms with Crippen molar-refractivity contribution in [1.29, 1.82) is 0 Å². The third kappa shape index (κ3) is 2.67. The summed E-state index contributed by atoms with van der Waals surface area (Å²) in [5, 5.41) is 11.7. The van der Waals surface area contributed by atoms with Crippen LogP contribution in [0.1, 0.15) is 59.3 Å². The zero-order valence-electron chi connectivity index (χ0n) is 20.0. The van der Waals surface area contributed by atoms with E-state index in [1.807, 2.05) is 13.0 Å². The molecule has 0 amide bonds. The summed E-state index contributed by atoms with van der Waals surface area (Å²) in [6.45, 7) is 10.8. The predicted octanol–water partition coefficient (Wildman–Crippen LogP) is 4.16. The van der Waals surface area contributed by atoms with Gasteiger partial charge in [0.25, 0.3) is 0 Å². The molecule has 2 aliphatic heterocycles. The van der Waals surface area contributed by atoms with Crippen molar-refractivity contribution in [2.45, 2.75) is 77.1 Å². The molecule has 2 saturated carbocycles. The predicted molar refractivity (Wildman–Crippen MR) is 123 cm³/mol. The first-order valence-electron chi connectivity index (χ1n) is 12.7. The van der Waals surface area contributed by atoms with Crippen molar-refractivity contribution in [3.63, 3.8) is 0 Å².